The topological polar surface area (TPSA) is 34.4 Å². The Morgan fingerprint density at radius 3 is 1.19 bits per heavy atom. The minimum Gasteiger partial charge on any atom is -0.452 e. The minimum atomic E-state index is -0.631. The molecule has 19 aromatic rings. The van der Waals surface area contributed by atoms with Crippen LogP contribution in [-0.4, -0.2) is 20.4 Å². The van der Waals surface area contributed by atoms with Gasteiger partial charge in [-0.05, 0) is 186 Å². The van der Waals surface area contributed by atoms with Gasteiger partial charge in [-0.2, -0.15) is 0 Å². The van der Waals surface area contributed by atoms with Crippen LogP contribution in [0.15, 0.2) is 320 Å². The maximum atomic E-state index is 9.75. The van der Waals surface area contributed by atoms with Crippen LogP contribution < -0.4 is 26.2 Å². The van der Waals surface area contributed by atoms with Crippen molar-refractivity contribution in [1.29, 1.82) is 0 Å². The second-order valence-electron chi connectivity index (χ2n) is 34.7. The first kappa shape index (κ1) is 55.5. The van der Waals surface area contributed by atoms with Crippen molar-refractivity contribution in [3.63, 3.8) is 0 Å². The Hall–Kier alpha value is -12.8. The molecule has 21 rings (SSSR count). The number of para-hydroxylation sites is 5. The van der Waals surface area contributed by atoms with Gasteiger partial charge in [0, 0.05) is 82.7 Å². The first-order chi connectivity index (χ1) is 60.0. The molecular formula is C106H88BN5O. The van der Waals surface area contributed by atoms with Crippen molar-refractivity contribution < 1.29 is 22.2 Å². The normalized spacial score (nSPS) is 14.9. The summed E-state index contributed by atoms with van der Waals surface area (Å²) in [5.41, 5.74) is 21.8. The van der Waals surface area contributed by atoms with Crippen LogP contribution in [0.2, 0.25) is 0 Å². The molecule has 2 aliphatic heterocycles. The third-order valence-electron chi connectivity index (χ3n) is 23.8. The van der Waals surface area contributed by atoms with Gasteiger partial charge in [0.05, 0.1) is 73.7 Å². The number of benzene rings is 15. The minimum absolute atomic E-state index is 0.00784. The number of furan rings is 1. The molecule has 0 saturated heterocycles. The first-order valence-corrected chi connectivity index (χ1v) is 39.0. The van der Waals surface area contributed by atoms with E-state index in [2.05, 4.69) is 290 Å². The Balaban J connectivity index is 0.949. The van der Waals surface area contributed by atoms with Crippen LogP contribution in [0.3, 0.4) is 0 Å². The molecule has 6 heterocycles. The molecule has 4 aromatic heterocycles. The van der Waals surface area contributed by atoms with E-state index < -0.39 is 73.2 Å². The largest absolute Gasteiger partial charge is 0.452 e. The summed E-state index contributed by atoms with van der Waals surface area (Å²) in [6.07, 6.45) is 0. The van der Waals surface area contributed by atoms with Crippen molar-refractivity contribution in [2.75, 3.05) is 9.80 Å². The maximum Gasteiger partial charge on any atom is 0.252 e. The molecule has 15 aromatic carbocycles. The van der Waals surface area contributed by atoms with E-state index in [9.17, 15) is 11.0 Å². The summed E-state index contributed by atoms with van der Waals surface area (Å²) in [5.74, 6) is 0. The van der Waals surface area contributed by atoms with Crippen LogP contribution >= 0.6 is 0 Å². The fourth-order valence-corrected chi connectivity index (χ4v) is 18.0. The lowest BCUT2D eigenvalue weighted by Crippen LogP contribution is -2.61. The fraction of sp³-hybridized carbons (Fsp3) is 0.151. The van der Waals surface area contributed by atoms with Crippen LogP contribution in [-0.2, 0) is 21.7 Å². The van der Waals surface area contributed by atoms with Gasteiger partial charge in [0.2, 0.25) is 0 Å². The standard InChI is InChI=1S/C106H88BN5O/c1-103(2,3)69-46-53-89-81(58-69)82-59-70(104(4,5)6)47-54-90(82)108(89)73-50-52-86-96(62-73)112(100-75(66-31-18-14-19-32-66)37-26-38-76(100)67-33-20-15-21-34-67)98-64-74(109-91-55-48-71(105(7,8)9)60-83(91)84-61-72(106(10,11)12)49-56-92(84)109)63-97-99(98)107(86)85-51-45-68(65-29-16-13-17-30-65)57-95(85)111(97)94-44-28-40-80-79-39-27-43-93(101(79)113-102(80)94)110-87-41-24-22-35-77(87)78-36-23-25-42-88(78)110/h13-64H,1-12H3/i13D,16D,17D,22D,23D,24D,25D,29D,30D,35D,36D,41D,42D. The summed E-state index contributed by atoms with van der Waals surface area (Å²) in [7, 11) is 0. The number of rotatable bonds is 8. The van der Waals surface area contributed by atoms with Crippen molar-refractivity contribution in [2.24, 2.45) is 0 Å². The molecule has 0 radical (unpaired) electrons. The van der Waals surface area contributed by atoms with Gasteiger partial charge in [-0.15, -0.1) is 0 Å². The van der Waals surface area contributed by atoms with E-state index >= 15 is 0 Å². The van der Waals surface area contributed by atoms with Crippen LogP contribution in [0.4, 0.5) is 34.1 Å². The molecule has 0 amide bonds. The van der Waals surface area contributed by atoms with Gasteiger partial charge in [-0.25, -0.2) is 0 Å². The molecule has 0 aliphatic carbocycles. The first-order valence-electron chi connectivity index (χ1n) is 45.5. The summed E-state index contributed by atoms with van der Waals surface area (Å²) < 4.78 is 135. The van der Waals surface area contributed by atoms with Gasteiger partial charge in [0.1, 0.15) is 0 Å². The Labute approximate surface area is 679 Å². The summed E-state index contributed by atoms with van der Waals surface area (Å²) >= 11 is 0. The molecule has 0 N–H and O–H groups in total. The molecule has 0 unspecified atom stereocenters. The Morgan fingerprint density at radius 1 is 0.274 bits per heavy atom. The average molecular weight is 1470 g/mol. The molecule has 546 valence electrons. The lowest BCUT2D eigenvalue weighted by Gasteiger charge is -2.45. The van der Waals surface area contributed by atoms with Gasteiger partial charge in [0.25, 0.3) is 6.71 Å². The molecule has 113 heavy (non-hydrogen) atoms. The Morgan fingerprint density at radius 2 is 0.690 bits per heavy atom. The number of anilines is 6. The molecule has 0 saturated carbocycles. The highest BCUT2D eigenvalue weighted by Crippen LogP contribution is 2.54. The number of hydrogen-bond acceptors (Lipinski definition) is 3. The third-order valence-corrected chi connectivity index (χ3v) is 23.8. The summed E-state index contributed by atoms with van der Waals surface area (Å²) in [5, 5.41) is 5.45. The summed E-state index contributed by atoms with van der Waals surface area (Å²) in [6.45, 7) is 26.4. The highest BCUT2D eigenvalue weighted by Gasteiger charge is 2.46. The SMILES string of the molecule is [2H]c1c([2H])c([2H])c(-c2ccc3c(c2)N(c2cccc4c2oc2c(-n5c6c([2H])c([2H])c([2H])c([2H])c6c6c([2H])c([2H])c([2H])c([2H])c65)cccc24)c2cc(-n4c5ccc(C(C)(C)C)cc5c5cc(C(C)(C)C)ccc54)cc4c2B3c2ccc(-n3c5ccc(C(C)(C)C)cc5c5cc(C(C)(C)C)ccc53)cc2N4c2c(-c3ccccc3)cccc2-c2ccccc2)c([2H])c1[2H]. The number of aromatic nitrogens is 3. The average Bonchev–Trinajstić information content (AvgIpc) is 1.42. The second-order valence-corrected chi connectivity index (χ2v) is 34.7. The lowest BCUT2D eigenvalue weighted by molar-refractivity contribution is 0.590. The van der Waals surface area contributed by atoms with Gasteiger partial charge in [-0.3, -0.25) is 0 Å². The molecule has 0 atom stereocenters. The number of nitrogens with zero attached hydrogens (tertiary/aromatic N) is 5. The van der Waals surface area contributed by atoms with Gasteiger partial charge in [0.15, 0.2) is 11.2 Å². The lowest BCUT2D eigenvalue weighted by atomic mass is 9.33. The summed E-state index contributed by atoms with van der Waals surface area (Å²) in [6, 6.07) is 78.0. The van der Waals surface area contributed by atoms with Crippen molar-refractivity contribution in [3.8, 4) is 50.4 Å². The summed E-state index contributed by atoms with van der Waals surface area (Å²) in [4.78, 5) is 4.73. The van der Waals surface area contributed by atoms with Gasteiger partial charge >= 0.3 is 0 Å². The number of hydrogen-bond donors (Lipinski definition) is 0. The van der Waals surface area contributed by atoms with Gasteiger partial charge in [-0.1, -0.05) is 295 Å². The predicted octanol–water partition coefficient (Wildman–Crippen LogP) is 27.2. The molecule has 0 spiro atoms. The van der Waals surface area contributed by atoms with Crippen molar-refractivity contribution in [1.82, 2.24) is 13.7 Å². The van der Waals surface area contributed by atoms with E-state index in [-0.39, 0.29) is 72.4 Å². The highest BCUT2D eigenvalue weighted by molar-refractivity contribution is 7.00. The number of fused-ring (bicyclic) bond motifs is 16. The van der Waals surface area contributed by atoms with Crippen LogP contribution in [0.1, 0.15) is 123 Å². The van der Waals surface area contributed by atoms with E-state index in [0.717, 1.165) is 111 Å². The molecule has 7 heteroatoms. The van der Waals surface area contributed by atoms with Crippen LogP contribution in [0.25, 0.3) is 138 Å². The fourth-order valence-electron chi connectivity index (χ4n) is 18.0. The van der Waals surface area contributed by atoms with E-state index in [4.69, 9.17) is 11.3 Å². The van der Waals surface area contributed by atoms with Crippen LogP contribution in [0.5, 0.6) is 0 Å². The smallest absolute Gasteiger partial charge is 0.252 e. The van der Waals surface area contributed by atoms with Crippen molar-refractivity contribution in [2.45, 2.75) is 105 Å². The van der Waals surface area contributed by atoms with E-state index in [1.54, 1.807) is 6.07 Å². The van der Waals surface area contributed by atoms with E-state index in [1.165, 1.54) is 26.8 Å². The van der Waals surface area contributed by atoms with Gasteiger partial charge < -0.3 is 27.9 Å². The molecule has 6 nitrogen and oxygen atoms in total. The Kier molecular flexibility index (Phi) is 12.2. The zero-order valence-electron chi connectivity index (χ0n) is 78.2. The second kappa shape index (κ2) is 24.8. The van der Waals surface area contributed by atoms with E-state index in [0.29, 0.717) is 39.0 Å². The molecule has 0 bridgehead atoms. The maximum absolute atomic E-state index is 9.75. The van der Waals surface area contributed by atoms with Crippen molar-refractivity contribution in [3.05, 3.63) is 337 Å². The Bertz CT molecular complexity index is 7710. The highest BCUT2D eigenvalue weighted by atomic mass is 16.3. The third kappa shape index (κ3) is 10.6. The zero-order valence-corrected chi connectivity index (χ0v) is 65.2. The molecule has 2 aliphatic rings. The van der Waals surface area contributed by atoms with Crippen molar-refractivity contribution >= 4 is 145 Å². The zero-order chi connectivity index (χ0) is 88.2. The predicted molar refractivity (Wildman–Crippen MR) is 482 cm³/mol. The molecule has 0 fully saturated rings. The van der Waals surface area contributed by atoms with E-state index in [1.807, 2.05) is 42.5 Å². The van der Waals surface area contributed by atoms with Crippen LogP contribution in [0, 0.1) is 0 Å². The molecular weight excluding hydrogens is 1370 g/mol. The quantitative estimate of drug-likeness (QED) is 0.142. The monoisotopic (exact) mass is 1470 g/mol.